The van der Waals surface area contributed by atoms with E-state index in [2.05, 4.69) is 5.32 Å². The van der Waals surface area contributed by atoms with Gasteiger partial charge in [0, 0.05) is 17.1 Å². The first-order valence-electron chi connectivity index (χ1n) is 6.64. The summed E-state index contributed by atoms with van der Waals surface area (Å²) in [5, 5.41) is 23.5. The van der Waals surface area contributed by atoms with E-state index in [1.54, 1.807) is 36.4 Å². The second kappa shape index (κ2) is 5.45. The molecule has 3 aromatic rings. The van der Waals surface area contributed by atoms with Gasteiger partial charge in [-0.3, -0.25) is 4.55 Å². The molecule has 23 heavy (non-hydrogen) atoms. The van der Waals surface area contributed by atoms with Crippen molar-refractivity contribution < 1.29 is 23.2 Å². The molecule has 7 heteroatoms. The van der Waals surface area contributed by atoms with Crippen LogP contribution in [-0.4, -0.2) is 23.2 Å². The number of para-hydroxylation sites is 2. The van der Waals surface area contributed by atoms with Crippen LogP contribution in [0.4, 0.5) is 11.4 Å². The zero-order valence-corrected chi connectivity index (χ0v) is 12.6. The number of hydrogen-bond donors (Lipinski definition) is 4. The van der Waals surface area contributed by atoms with Crippen LogP contribution in [0.15, 0.2) is 59.5 Å². The van der Waals surface area contributed by atoms with Crippen LogP contribution in [0.25, 0.3) is 10.8 Å². The molecule has 0 saturated carbocycles. The Morgan fingerprint density at radius 2 is 1.61 bits per heavy atom. The molecule has 0 atom stereocenters. The lowest BCUT2D eigenvalue weighted by Gasteiger charge is -2.10. The van der Waals surface area contributed by atoms with E-state index in [1.165, 1.54) is 12.1 Å². The zero-order valence-electron chi connectivity index (χ0n) is 11.8. The molecule has 0 heterocycles. The summed E-state index contributed by atoms with van der Waals surface area (Å²) in [6, 6.07) is 13.8. The van der Waals surface area contributed by atoms with Gasteiger partial charge in [-0.15, -0.1) is 0 Å². The van der Waals surface area contributed by atoms with E-state index < -0.39 is 10.1 Å². The van der Waals surface area contributed by atoms with Crippen LogP contribution in [0.3, 0.4) is 0 Å². The lowest BCUT2D eigenvalue weighted by Crippen LogP contribution is -1.98. The SMILES string of the molecule is O=S(=O)(O)c1cc(O)c2ccc(Nc3ccccc3O)cc2c1. The summed E-state index contributed by atoms with van der Waals surface area (Å²) in [4.78, 5) is -0.387. The summed E-state index contributed by atoms with van der Waals surface area (Å²) in [5.74, 6) is -0.175. The number of anilines is 2. The molecule has 0 aromatic heterocycles. The lowest BCUT2D eigenvalue weighted by molar-refractivity contribution is 0.471. The van der Waals surface area contributed by atoms with Gasteiger partial charge in [-0.1, -0.05) is 12.1 Å². The highest BCUT2D eigenvalue weighted by molar-refractivity contribution is 7.85. The number of phenols is 2. The van der Waals surface area contributed by atoms with Crippen molar-refractivity contribution in [2.75, 3.05) is 5.32 Å². The Bertz CT molecular complexity index is 999. The highest BCUT2D eigenvalue weighted by atomic mass is 32.2. The fraction of sp³-hybridized carbons (Fsp3) is 0. The number of benzene rings is 3. The van der Waals surface area contributed by atoms with Crippen molar-refractivity contribution in [1.29, 1.82) is 0 Å². The number of fused-ring (bicyclic) bond motifs is 1. The maximum atomic E-state index is 11.2. The molecule has 3 rings (SSSR count). The van der Waals surface area contributed by atoms with Crippen LogP contribution in [0.5, 0.6) is 11.5 Å². The van der Waals surface area contributed by atoms with Crippen molar-refractivity contribution in [3.63, 3.8) is 0 Å². The predicted octanol–water partition coefficient (Wildman–Crippen LogP) is 3.24. The van der Waals surface area contributed by atoms with Gasteiger partial charge in [0.05, 0.1) is 10.6 Å². The van der Waals surface area contributed by atoms with Gasteiger partial charge < -0.3 is 15.5 Å². The Morgan fingerprint density at radius 1 is 0.870 bits per heavy atom. The Hall–Kier alpha value is -2.77. The van der Waals surface area contributed by atoms with Crippen molar-refractivity contribution >= 4 is 32.3 Å². The second-order valence-corrected chi connectivity index (χ2v) is 6.42. The van der Waals surface area contributed by atoms with Crippen LogP contribution < -0.4 is 5.32 Å². The minimum atomic E-state index is -4.42. The molecule has 0 unspecified atom stereocenters. The van der Waals surface area contributed by atoms with Crippen LogP contribution in [-0.2, 0) is 10.1 Å². The summed E-state index contributed by atoms with van der Waals surface area (Å²) in [5.41, 5.74) is 1.08. The highest BCUT2D eigenvalue weighted by Gasteiger charge is 2.13. The molecule has 0 bridgehead atoms. The molecule has 0 radical (unpaired) electrons. The van der Waals surface area contributed by atoms with E-state index in [9.17, 15) is 18.6 Å². The molecular weight excluding hydrogens is 318 g/mol. The Morgan fingerprint density at radius 3 is 2.30 bits per heavy atom. The molecule has 118 valence electrons. The molecule has 6 nitrogen and oxygen atoms in total. The topological polar surface area (TPSA) is 107 Å². The summed E-state index contributed by atoms with van der Waals surface area (Å²) in [6.07, 6.45) is 0. The minimum absolute atomic E-state index is 0.0714. The van der Waals surface area contributed by atoms with E-state index in [4.69, 9.17) is 4.55 Å². The van der Waals surface area contributed by atoms with Gasteiger partial charge in [0.2, 0.25) is 0 Å². The van der Waals surface area contributed by atoms with Crippen molar-refractivity contribution in [2.45, 2.75) is 4.90 Å². The summed E-state index contributed by atoms with van der Waals surface area (Å²) in [7, 11) is -4.42. The molecule has 0 spiro atoms. The summed E-state index contributed by atoms with van der Waals surface area (Å²) < 4.78 is 31.6. The van der Waals surface area contributed by atoms with Crippen molar-refractivity contribution in [3.8, 4) is 11.5 Å². The van der Waals surface area contributed by atoms with Gasteiger partial charge in [0.1, 0.15) is 11.5 Å². The van der Waals surface area contributed by atoms with E-state index in [0.29, 0.717) is 22.1 Å². The number of rotatable bonds is 3. The summed E-state index contributed by atoms with van der Waals surface area (Å²) >= 11 is 0. The molecular formula is C16H13NO5S. The predicted molar refractivity (Wildman–Crippen MR) is 86.8 cm³/mol. The quantitative estimate of drug-likeness (QED) is 0.433. The largest absolute Gasteiger partial charge is 0.507 e. The minimum Gasteiger partial charge on any atom is -0.507 e. The third-order valence-electron chi connectivity index (χ3n) is 3.39. The highest BCUT2D eigenvalue weighted by Crippen LogP contribution is 2.32. The average Bonchev–Trinajstić information content (AvgIpc) is 2.48. The monoisotopic (exact) mass is 331 g/mol. The Kier molecular flexibility index (Phi) is 3.59. The van der Waals surface area contributed by atoms with Crippen LogP contribution in [0, 0.1) is 0 Å². The van der Waals surface area contributed by atoms with Crippen molar-refractivity contribution in [1.82, 2.24) is 0 Å². The fourth-order valence-corrected chi connectivity index (χ4v) is 2.82. The maximum absolute atomic E-state index is 11.2. The smallest absolute Gasteiger partial charge is 0.294 e. The van der Waals surface area contributed by atoms with E-state index in [0.717, 1.165) is 6.07 Å². The van der Waals surface area contributed by atoms with Gasteiger partial charge >= 0.3 is 0 Å². The van der Waals surface area contributed by atoms with Gasteiger partial charge in [-0.2, -0.15) is 8.42 Å². The number of phenolic OH excluding ortho intramolecular Hbond substituents is 2. The van der Waals surface area contributed by atoms with Gasteiger partial charge in [-0.25, -0.2) is 0 Å². The molecule has 0 amide bonds. The van der Waals surface area contributed by atoms with Crippen LogP contribution in [0.1, 0.15) is 0 Å². The van der Waals surface area contributed by atoms with E-state index >= 15 is 0 Å². The molecule has 0 aliphatic rings. The first-order chi connectivity index (χ1) is 10.8. The molecule has 0 aliphatic heterocycles. The normalized spacial score (nSPS) is 11.5. The van der Waals surface area contributed by atoms with Gasteiger partial charge in [-0.05, 0) is 41.8 Å². The Balaban J connectivity index is 2.09. The standard InChI is InChI=1S/C16H13NO5S/c18-15-4-2-1-3-14(15)17-11-5-6-13-10(7-11)8-12(9-16(13)19)23(20,21)22/h1-9,17-19H,(H,20,21,22). The van der Waals surface area contributed by atoms with Crippen LogP contribution in [0.2, 0.25) is 0 Å². The molecule has 0 saturated heterocycles. The molecule has 4 N–H and O–H groups in total. The second-order valence-electron chi connectivity index (χ2n) is 5.00. The third kappa shape index (κ3) is 3.05. The zero-order chi connectivity index (χ0) is 16.6. The third-order valence-corrected chi connectivity index (χ3v) is 4.22. The average molecular weight is 331 g/mol. The van der Waals surface area contributed by atoms with Crippen molar-refractivity contribution in [2.24, 2.45) is 0 Å². The molecule has 0 fully saturated rings. The van der Waals surface area contributed by atoms with Crippen molar-refractivity contribution in [3.05, 3.63) is 54.6 Å². The Labute approximate surface area is 132 Å². The maximum Gasteiger partial charge on any atom is 0.294 e. The fourth-order valence-electron chi connectivity index (χ4n) is 2.28. The molecule has 3 aromatic carbocycles. The van der Waals surface area contributed by atoms with Gasteiger partial charge in [0.15, 0.2) is 0 Å². The lowest BCUT2D eigenvalue weighted by atomic mass is 10.1. The number of nitrogens with one attached hydrogen (secondary N) is 1. The first kappa shape index (κ1) is 15.1. The first-order valence-corrected chi connectivity index (χ1v) is 8.08. The van der Waals surface area contributed by atoms with Crippen LogP contribution >= 0.6 is 0 Å². The molecule has 0 aliphatic carbocycles. The van der Waals surface area contributed by atoms with E-state index in [-0.39, 0.29) is 16.4 Å². The van der Waals surface area contributed by atoms with E-state index in [1.807, 2.05) is 0 Å². The van der Waals surface area contributed by atoms with Gasteiger partial charge in [0.25, 0.3) is 10.1 Å². The number of aromatic hydroxyl groups is 2. The number of hydrogen-bond acceptors (Lipinski definition) is 5. The summed E-state index contributed by atoms with van der Waals surface area (Å²) in [6.45, 7) is 0.